The van der Waals surface area contributed by atoms with Crippen LogP contribution in [0.3, 0.4) is 0 Å². The number of halogens is 4. The molecule has 0 heterocycles. The van der Waals surface area contributed by atoms with Crippen LogP contribution in [0.15, 0.2) is 22.7 Å². The third-order valence-electron chi connectivity index (χ3n) is 1.88. The van der Waals surface area contributed by atoms with Crippen molar-refractivity contribution in [3.8, 4) is 0 Å². The second-order valence-electron chi connectivity index (χ2n) is 3.20. The summed E-state index contributed by atoms with van der Waals surface area (Å²) in [6, 6.07) is 3.90. The molecule has 0 aliphatic carbocycles. The number of alkyl halides is 3. The third-order valence-corrected chi connectivity index (χ3v) is 2.54. The fourth-order valence-electron chi connectivity index (χ4n) is 1.03. The first-order valence-electron chi connectivity index (χ1n) is 4.40. The van der Waals surface area contributed by atoms with Gasteiger partial charge in [-0.15, -0.1) is 0 Å². The topological polar surface area (TPSA) is 46.2 Å². The molecule has 1 aromatic rings. The van der Waals surface area contributed by atoms with Gasteiger partial charge in [-0.1, -0.05) is 0 Å². The van der Waals surface area contributed by atoms with Gasteiger partial charge < -0.3 is 5.32 Å². The maximum atomic E-state index is 12.0. The zero-order valence-corrected chi connectivity index (χ0v) is 10.1. The minimum Gasteiger partial charge on any atom is -0.317 e. The van der Waals surface area contributed by atoms with Gasteiger partial charge in [0.1, 0.15) is 0 Å². The van der Waals surface area contributed by atoms with Crippen molar-refractivity contribution in [2.45, 2.75) is 13.1 Å². The number of Topliss-reactive ketones (excluding diaryl/α,β-unsaturated/α-hetero) is 1. The van der Waals surface area contributed by atoms with Crippen molar-refractivity contribution in [1.29, 1.82) is 0 Å². The highest BCUT2D eigenvalue weighted by Crippen LogP contribution is 2.26. The van der Waals surface area contributed by atoms with Crippen LogP contribution in [-0.4, -0.2) is 17.9 Å². The summed E-state index contributed by atoms with van der Waals surface area (Å²) in [5.41, 5.74) is 0.291. The summed E-state index contributed by atoms with van der Waals surface area (Å²) in [4.78, 5) is 21.7. The Balaban J connectivity index is 2.95. The molecule has 92 valence electrons. The summed E-state index contributed by atoms with van der Waals surface area (Å²) in [6.45, 7) is 1.33. The number of anilines is 1. The standard InChI is InChI=1S/C10H7BrF3NO2/c1-5(16)6-2-3-8(7(11)4-6)15-9(17)10(12,13)14/h2-4H,1H3,(H,15,17). The number of carbonyl (C=O) groups is 2. The van der Waals surface area contributed by atoms with Crippen molar-refractivity contribution in [2.24, 2.45) is 0 Å². The first-order valence-corrected chi connectivity index (χ1v) is 5.20. The normalized spacial score (nSPS) is 11.1. The Morgan fingerprint density at radius 1 is 1.29 bits per heavy atom. The highest BCUT2D eigenvalue weighted by atomic mass is 79.9. The molecule has 0 fully saturated rings. The van der Waals surface area contributed by atoms with Crippen molar-refractivity contribution in [1.82, 2.24) is 0 Å². The zero-order valence-electron chi connectivity index (χ0n) is 8.56. The number of amides is 1. The fraction of sp³-hybridized carbons (Fsp3) is 0.200. The van der Waals surface area contributed by atoms with Crippen LogP contribution in [0.1, 0.15) is 17.3 Å². The molecule has 0 atom stereocenters. The van der Waals surface area contributed by atoms with Gasteiger partial charge >= 0.3 is 12.1 Å². The van der Waals surface area contributed by atoms with E-state index < -0.39 is 12.1 Å². The molecule has 1 N–H and O–H groups in total. The molecule has 0 spiro atoms. The van der Waals surface area contributed by atoms with Crippen LogP contribution in [0.25, 0.3) is 0 Å². The maximum absolute atomic E-state index is 12.0. The summed E-state index contributed by atoms with van der Waals surface area (Å²) in [7, 11) is 0. The molecule has 0 aliphatic heterocycles. The van der Waals surface area contributed by atoms with Gasteiger partial charge in [-0.05, 0) is 41.1 Å². The van der Waals surface area contributed by atoms with Gasteiger partial charge in [0, 0.05) is 10.0 Å². The summed E-state index contributed by atoms with van der Waals surface area (Å²) < 4.78 is 36.2. The number of hydrogen-bond acceptors (Lipinski definition) is 2. The molecule has 0 saturated heterocycles. The summed E-state index contributed by atoms with van der Waals surface area (Å²) >= 11 is 2.98. The maximum Gasteiger partial charge on any atom is 0.471 e. The Bertz CT molecular complexity index is 471. The van der Waals surface area contributed by atoms with E-state index >= 15 is 0 Å². The Labute approximate surface area is 103 Å². The van der Waals surface area contributed by atoms with Crippen LogP contribution >= 0.6 is 15.9 Å². The largest absolute Gasteiger partial charge is 0.471 e. The fourth-order valence-corrected chi connectivity index (χ4v) is 1.51. The van der Waals surface area contributed by atoms with Crippen LogP contribution in [0.4, 0.5) is 18.9 Å². The zero-order chi connectivity index (χ0) is 13.2. The summed E-state index contributed by atoms with van der Waals surface area (Å²) in [5.74, 6) is -2.28. The summed E-state index contributed by atoms with van der Waals surface area (Å²) in [6.07, 6.45) is -4.95. The summed E-state index contributed by atoms with van der Waals surface area (Å²) in [5, 5.41) is 1.69. The Morgan fingerprint density at radius 2 is 1.88 bits per heavy atom. The van der Waals surface area contributed by atoms with E-state index in [1.807, 2.05) is 0 Å². The quantitative estimate of drug-likeness (QED) is 0.853. The van der Waals surface area contributed by atoms with E-state index in [0.29, 0.717) is 5.56 Å². The van der Waals surface area contributed by atoms with Crippen molar-refractivity contribution >= 4 is 33.3 Å². The minimum absolute atomic E-state index is 0.0441. The third kappa shape index (κ3) is 3.55. The molecule has 1 amide bonds. The predicted octanol–water partition coefficient (Wildman–Crippen LogP) is 3.15. The molecule has 1 aromatic carbocycles. The first-order chi connectivity index (χ1) is 7.71. The van der Waals surface area contributed by atoms with Gasteiger partial charge in [-0.2, -0.15) is 13.2 Å². The molecule has 0 aliphatic rings. The van der Waals surface area contributed by atoms with E-state index in [1.165, 1.54) is 25.1 Å². The number of hydrogen-bond donors (Lipinski definition) is 1. The van der Waals surface area contributed by atoms with Crippen molar-refractivity contribution in [2.75, 3.05) is 5.32 Å². The Kier molecular flexibility index (Phi) is 3.92. The highest BCUT2D eigenvalue weighted by Gasteiger charge is 2.38. The average molecular weight is 310 g/mol. The van der Waals surface area contributed by atoms with E-state index in [1.54, 1.807) is 5.32 Å². The lowest BCUT2D eigenvalue weighted by Crippen LogP contribution is -2.30. The number of nitrogens with one attached hydrogen (secondary N) is 1. The first kappa shape index (κ1) is 13.7. The molecule has 7 heteroatoms. The van der Waals surface area contributed by atoms with E-state index in [0.717, 1.165) is 0 Å². The van der Waals surface area contributed by atoms with Gasteiger partial charge in [0.05, 0.1) is 5.69 Å². The van der Waals surface area contributed by atoms with Crippen LogP contribution in [-0.2, 0) is 4.79 Å². The molecule has 0 unspecified atom stereocenters. The van der Waals surface area contributed by atoms with Crippen LogP contribution < -0.4 is 5.32 Å². The van der Waals surface area contributed by atoms with Gasteiger partial charge in [-0.3, -0.25) is 9.59 Å². The number of rotatable bonds is 2. The highest BCUT2D eigenvalue weighted by molar-refractivity contribution is 9.10. The number of carbonyl (C=O) groups excluding carboxylic acids is 2. The van der Waals surface area contributed by atoms with Gasteiger partial charge in [-0.25, -0.2) is 0 Å². The Morgan fingerprint density at radius 3 is 2.29 bits per heavy atom. The molecule has 0 saturated carbocycles. The molecule has 0 bridgehead atoms. The lowest BCUT2D eigenvalue weighted by atomic mass is 10.1. The predicted molar refractivity (Wildman–Crippen MR) is 58.8 cm³/mol. The smallest absolute Gasteiger partial charge is 0.317 e. The lowest BCUT2D eigenvalue weighted by molar-refractivity contribution is -0.167. The second-order valence-corrected chi connectivity index (χ2v) is 4.06. The van der Waals surface area contributed by atoms with Gasteiger partial charge in [0.15, 0.2) is 5.78 Å². The molecule has 0 aromatic heterocycles. The molecule has 17 heavy (non-hydrogen) atoms. The van der Waals surface area contributed by atoms with Gasteiger partial charge in [0.2, 0.25) is 0 Å². The second kappa shape index (κ2) is 4.87. The Hall–Kier alpha value is -1.37. The van der Waals surface area contributed by atoms with Crippen molar-refractivity contribution < 1.29 is 22.8 Å². The molecular formula is C10H7BrF3NO2. The SMILES string of the molecule is CC(=O)c1ccc(NC(=O)C(F)(F)F)c(Br)c1. The lowest BCUT2D eigenvalue weighted by Gasteiger charge is -2.10. The van der Waals surface area contributed by atoms with Crippen LogP contribution in [0.5, 0.6) is 0 Å². The van der Waals surface area contributed by atoms with E-state index in [4.69, 9.17) is 0 Å². The van der Waals surface area contributed by atoms with E-state index in [-0.39, 0.29) is 15.9 Å². The number of benzene rings is 1. The van der Waals surface area contributed by atoms with Crippen molar-refractivity contribution in [3.05, 3.63) is 28.2 Å². The molecule has 0 radical (unpaired) electrons. The van der Waals surface area contributed by atoms with E-state index in [9.17, 15) is 22.8 Å². The van der Waals surface area contributed by atoms with Crippen LogP contribution in [0, 0.1) is 0 Å². The molecule has 3 nitrogen and oxygen atoms in total. The van der Waals surface area contributed by atoms with Crippen molar-refractivity contribution in [3.63, 3.8) is 0 Å². The minimum atomic E-state index is -4.95. The van der Waals surface area contributed by atoms with E-state index in [2.05, 4.69) is 15.9 Å². The van der Waals surface area contributed by atoms with Crippen LogP contribution in [0.2, 0.25) is 0 Å². The average Bonchev–Trinajstić information content (AvgIpc) is 2.19. The van der Waals surface area contributed by atoms with Gasteiger partial charge in [0.25, 0.3) is 0 Å². The monoisotopic (exact) mass is 309 g/mol. The number of ketones is 1. The molecular weight excluding hydrogens is 303 g/mol. The molecule has 1 rings (SSSR count).